The molecule has 0 fully saturated rings. The lowest BCUT2D eigenvalue weighted by Gasteiger charge is -2.08. The molecule has 0 saturated heterocycles. The number of nitrogens with one attached hydrogen (secondary N) is 1. The predicted molar refractivity (Wildman–Crippen MR) is 129 cm³/mol. The number of nitrogens with zero attached hydrogens (tertiary/aromatic N) is 6. The van der Waals surface area contributed by atoms with Crippen LogP contribution < -0.4 is 11.0 Å². The van der Waals surface area contributed by atoms with Crippen LogP contribution in [0.1, 0.15) is 5.56 Å². The first-order chi connectivity index (χ1) is 17.7. The molecule has 0 aliphatic carbocycles. The fourth-order valence-corrected chi connectivity index (χ4v) is 4.26. The fraction of sp³-hybridized carbons (Fsp3) is 0.160. The third kappa shape index (κ3) is 4.31. The Labute approximate surface area is 207 Å². The van der Waals surface area contributed by atoms with Crippen molar-refractivity contribution in [1.82, 2.24) is 29.2 Å². The van der Waals surface area contributed by atoms with Crippen LogP contribution >= 0.6 is 0 Å². The van der Waals surface area contributed by atoms with E-state index in [0.717, 1.165) is 26.6 Å². The monoisotopic (exact) mass is 505 g/mol. The summed E-state index contributed by atoms with van der Waals surface area (Å²) in [6.45, 7) is -2.15. The molecule has 3 heterocycles. The molecular weight excluding hydrogens is 487 g/mol. The van der Waals surface area contributed by atoms with E-state index in [9.17, 15) is 28.0 Å². The van der Waals surface area contributed by atoms with Crippen LogP contribution in [0.3, 0.4) is 0 Å². The van der Waals surface area contributed by atoms with E-state index in [1.54, 1.807) is 58.9 Å². The highest BCUT2D eigenvalue weighted by atomic mass is 19.4. The molecule has 0 unspecified atom stereocenters. The second-order valence-electron chi connectivity index (χ2n) is 8.32. The van der Waals surface area contributed by atoms with Crippen molar-refractivity contribution in [2.75, 3.05) is 6.54 Å². The van der Waals surface area contributed by atoms with Crippen LogP contribution in [0.25, 0.3) is 38.8 Å². The number of hydrogen-bond acceptors (Lipinski definition) is 5. The molecule has 186 valence electrons. The zero-order chi connectivity index (χ0) is 26.3. The van der Waals surface area contributed by atoms with E-state index in [-0.39, 0.29) is 16.6 Å². The summed E-state index contributed by atoms with van der Waals surface area (Å²) < 4.78 is 41.6. The van der Waals surface area contributed by atoms with Crippen LogP contribution in [-0.2, 0) is 18.4 Å². The number of hydrogen-bond donors (Lipinski definition) is 1. The number of aryl methyl sites for hydroxylation is 1. The minimum absolute atomic E-state index is 0.178. The number of imidazole rings is 1. The fourth-order valence-electron chi connectivity index (χ4n) is 4.26. The van der Waals surface area contributed by atoms with E-state index < -0.39 is 30.9 Å². The van der Waals surface area contributed by atoms with Gasteiger partial charge < -0.3 is 5.32 Å². The Morgan fingerprint density at radius 1 is 1.08 bits per heavy atom. The van der Waals surface area contributed by atoms with Crippen molar-refractivity contribution in [3.63, 3.8) is 0 Å². The Bertz CT molecular complexity index is 1760. The lowest BCUT2D eigenvalue weighted by molar-refractivity contribution is -0.138. The Balaban J connectivity index is 1.59. The van der Waals surface area contributed by atoms with Gasteiger partial charge in [0.1, 0.15) is 19.2 Å². The first-order valence-corrected chi connectivity index (χ1v) is 11.0. The molecule has 0 aliphatic heterocycles. The first-order valence-electron chi connectivity index (χ1n) is 11.0. The maximum absolute atomic E-state index is 13.4. The van der Waals surface area contributed by atoms with Gasteiger partial charge in [-0.05, 0) is 29.8 Å². The van der Waals surface area contributed by atoms with Crippen molar-refractivity contribution in [2.45, 2.75) is 12.7 Å². The topological polar surface area (TPSA) is 111 Å². The van der Waals surface area contributed by atoms with Gasteiger partial charge in [-0.1, -0.05) is 18.2 Å². The van der Waals surface area contributed by atoms with Gasteiger partial charge in [-0.2, -0.15) is 23.5 Å². The third-order valence-corrected chi connectivity index (χ3v) is 5.97. The normalized spacial score (nSPS) is 11.6. The Morgan fingerprint density at radius 2 is 1.84 bits per heavy atom. The highest BCUT2D eigenvalue weighted by molar-refractivity contribution is 5.94. The van der Waals surface area contributed by atoms with Crippen molar-refractivity contribution in [1.29, 1.82) is 5.26 Å². The average molecular weight is 505 g/mol. The standard InChI is InChI=1S/C25H18F3N7O2/c1-33-21-12-30-10-18(19(21)11-32-33)15-5-7-17(8-6-15)35-23-16(9-29)3-2-4-20(23)34(24(35)37)13-22(36)31-14-25(26,27)28/h2-8,10-12H,13-14H2,1H3,(H,31,36). The minimum Gasteiger partial charge on any atom is -0.345 e. The lowest BCUT2D eigenvalue weighted by atomic mass is 10.0. The number of nitriles is 1. The molecule has 1 N–H and O–H groups in total. The summed E-state index contributed by atoms with van der Waals surface area (Å²) in [5.74, 6) is -0.978. The number of carbonyl (C=O) groups excluding carboxylic acids is 1. The number of amides is 1. The molecule has 2 aromatic carbocycles. The first kappa shape index (κ1) is 23.8. The molecule has 0 atom stereocenters. The van der Waals surface area contributed by atoms with Crippen LogP contribution in [0.2, 0.25) is 0 Å². The Morgan fingerprint density at radius 3 is 2.54 bits per heavy atom. The van der Waals surface area contributed by atoms with Crippen LogP contribution in [0, 0.1) is 11.3 Å². The van der Waals surface area contributed by atoms with Crippen LogP contribution in [0.5, 0.6) is 0 Å². The highest BCUT2D eigenvalue weighted by Gasteiger charge is 2.28. The van der Waals surface area contributed by atoms with Gasteiger partial charge in [0.15, 0.2) is 0 Å². The van der Waals surface area contributed by atoms with Gasteiger partial charge in [0.2, 0.25) is 5.91 Å². The van der Waals surface area contributed by atoms with Crippen LogP contribution in [0.4, 0.5) is 13.2 Å². The molecule has 5 aromatic rings. The molecule has 0 spiro atoms. The van der Waals surface area contributed by atoms with E-state index in [2.05, 4.69) is 10.1 Å². The van der Waals surface area contributed by atoms with E-state index in [4.69, 9.17) is 0 Å². The Hall–Kier alpha value is -4.92. The molecule has 3 aromatic heterocycles. The molecule has 0 bridgehead atoms. The highest BCUT2D eigenvalue weighted by Crippen LogP contribution is 2.29. The van der Waals surface area contributed by atoms with E-state index in [0.29, 0.717) is 5.69 Å². The number of halogens is 3. The summed E-state index contributed by atoms with van der Waals surface area (Å²) in [5.41, 5.74) is 2.94. The summed E-state index contributed by atoms with van der Waals surface area (Å²) in [5, 5.41) is 16.6. The minimum atomic E-state index is -4.58. The van der Waals surface area contributed by atoms with Gasteiger partial charge in [-0.3, -0.25) is 23.6 Å². The lowest BCUT2D eigenvalue weighted by Crippen LogP contribution is -2.37. The molecule has 0 aliphatic rings. The van der Waals surface area contributed by atoms with Crippen molar-refractivity contribution in [3.05, 3.63) is 77.1 Å². The van der Waals surface area contributed by atoms with Crippen molar-refractivity contribution in [3.8, 4) is 22.9 Å². The molecule has 37 heavy (non-hydrogen) atoms. The number of carbonyl (C=O) groups is 1. The van der Waals surface area contributed by atoms with Gasteiger partial charge in [0.25, 0.3) is 0 Å². The Kier molecular flexibility index (Phi) is 5.75. The third-order valence-electron chi connectivity index (χ3n) is 5.97. The van der Waals surface area contributed by atoms with Crippen molar-refractivity contribution < 1.29 is 18.0 Å². The number of benzene rings is 2. The zero-order valence-electron chi connectivity index (χ0n) is 19.3. The van der Waals surface area contributed by atoms with Gasteiger partial charge in [0.05, 0.1) is 40.2 Å². The van der Waals surface area contributed by atoms with Crippen LogP contribution in [0.15, 0.2) is 65.8 Å². The molecule has 0 radical (unpaired) electrons. The summed E-state index contributed by atoms with van der Waals surface area (Å²) in [4.78, 5) is 29.9. The number of para-hydroxylation sites is 1. The number of aromatic nitrogens is 5. The van der Waals surface area contributed by atoms with Crippen molar-refractivity contribution in [2.24, 2.45) is 7.05 Å². The second-order valence-corrected chi connectivity index (χ2v) is 8.32. The smallest absolute Gasteiger partial charge is 0.345 e. The number of fused-ring (bicyclic) bond motifs is 2. The van der Waals surface area contributed by atoms with E-state index in [1.165, 1.54) is 16.7 Å². The summed E-state index contributed by atoms with van der Waals surface area (Å²) >= 11 is 0. The average Bonchev–Trinajstić information content (AvgIpc) is 3.39. The van der Waals surface area contributed by atoms with Gasteiger partial charge in [-0.15, -0.1) is 0 Å². The number of rotatable bonds is 5. The molecule has 5 rings (SSSR count). The van der Waals surface area contributed by atoms with Crippen LogP contribution in [-0.4, -0.2) is 42.5 Å². The molecule has 1 amide bonds. The van der Waals surface area contributed by atoms with Gasteiger partial charge >= 0.3 is 11.9 Å². The SMILES string of the molecule is Cn1ncc2c(-c3ccc(-n4c(=O)n(CC(=O)NCC(F)(F)F)c5cccc(C#N)c54)cc3)cncc21. The maximum atomic E-state index is 13.4. The molecule has 9 nitrogen and oxygen atoms in total. The van der Waals surface area contributed by atoms with E-state index in [1.807, 2.05) is 13.1 Å². The molecule has 0 saturated carbocycles. The second kappa shape index (κ2) is 8.94. The zero-order valence-corrected chi connectivity index (χ0v) is 19.3. The quantitative estimate of drug-likeness (QED) is 0.394. The summed E-state index contributed by atoms with van der Waals surface area (Å²) in [6, 6.07) is 13.6. The maximum Gasteiger partial charge on any atom is 0.405 e. The number of alkyl halides is 3. The van der Waals surface area contributed by atoms with E-state index >= 15 is 0 Å². The predicted octanol–water partition coefficient (Wildman–Crippen LogP) is 3.29. The largest absolute Gasteiger partial charge is 0.405 e. The van der Waals surface area contributed by atoms with Gasteiger partial charge in [0, 0.05) is 24.2 Å². The molecular formula is C25H18F3N7O2. The molecule has 12 heteroatoms. The summed E-state index contributed by atoms with van der Waals surface area (Å²) in [7, 11) is 1.81. The number of pyridine rings is 1. The summed E-state index contributed by atoms with van der Waals surface area (Å²) in [6.07, 6.45) is 0.578. The van der Waals surface area contributed by atoms with Crippen molar-refractivity contribution >= 4 is 27.8 Å². The van der Waals surface area contributed by atoms with Gasteiger partial charge in [-0.25, -0.2) is 4.79 Å².